The maximum atomic E-state index is 10.8. The Morgan fingerprint density at radius 2 is 2.09 bits per heavy atom. The standard InChI is InChI=1S/C9H14O2/c1-7(2)5-6-8(3)9(10)11-4/h5-7H,3H2,1-2,4H3/b6-5+. The highest BCUT2D eigenvalue weighted by molar-refractivity contribution is 5.90. The van der Waals surface area contributed by atoms with Gasteiger partial charge in [0.25, 0.3) is 0 Å². The second kappa shape index (κ2) is 4.72. The van der Waals surface area contributed by atoms with E-state index in [1.165, 1.54) is 7.11 Å². The molecule has 0 bridgehead atoms. The summed E-state index contributed by atoms with van der Waals surface area (Å²) < 4.78 is 4.45. The van der Waals surface area contributed by atoms with Crippen LogP contribution in [0.2, 0.25) is 0 Å². The van der Waals surface area contributed by atoms with E-state index in [-0.39, 0.29) is 5.97 Å². The summed E-state index contributed by atoms with van der Waals surface area (Å²) in [5, 5.41) is 0. The van der Waals surface area contributed by atoms with Crippen molar-refractivity contribution in [2.45, 2.75) is 13.8 Å². The van der Waals surface area contributed by atoms with Crippen molar-refractivity contribution in [2.24, 2.45) is 5.92 Å². The highest BCUT2D eigenvalue weighted by Crippen LogP contribution is 2.00. The van der Waals surface area contributed by atoms with E-state index < -0.39 is 0 Å². The van der Waals surface area contributed by atoms with Crippen molar-refractivity contribution >= 4 is 5.97 Å². The molecule has 0 aliphatic carbocycles. The van der Waals surface area contributed by atoms with E-state index in [0.29, 0.717) is 11.5 Å². The lowest BCUT2D eigenvalue weighted by Gasteiger charge is -1.97. The number of allylic oxidation sites excluding steroid dienone is 1. The van der Waals surface area contributed by atoms with Crippen molar-refractivity contribution in [2.75, 3.05) is 7.11 Å². The number of rotatable bonds is 3. The van der Waals surface area contributed by atoms with Gasteiger partial charge in [0.2, 0.25) is 0 Å². The molecule has 0 heterocycles. The number of hydrogen-bond donors (Lipinski definition) is 0. The summed E-state index contributed by atoms with van der Waals surface area (Å²) in [6, 6.07) is 0. The van der Waals surface area contributed by atoms with Crippen molar-refractivity contribution in [1.82, 2.24) is 0 Å². The molecule has 0 aliphatic rings. The molecule has 0 amide bonds. The Balaban J connectivity index is 3.97. The molecule has 0 saturated heterocycles. The Hall–Kier alpha value is -1.05. The van der Waals surface area contributed by atoms with Gasteiger partial charge < -0.3 is 4.74 Å². The maximum absolute atomic E-state index is 10.8. The molecule has 0 fully saturated rings. The largest absolute Gasteiger partial charge is 0.465 e. The van der Waals surface area contributed by atoms with Crippen molar-refractivity contribution in [3.8, 4) is 0 Å². The molecule has 0 aromatic heterocycles. The summed E-state index contributed by atoms with van der Waals surface area (Å²) in [5.41, 5.74) is 0.390. The molecular formula is C9H14O2. The Morgan fingerprint density at radius 1 is 1.55 bits per heavy atom. The van der Waals surface area contributed by atoms with Crippen molar-refractivity contribution in [3.63, 3.8) is 0 Å². The highest BCUT2D eigenvalue weighted by atomic mass is 16.5. The number of hydrogen-bond acceptors (Lipinski definition) is 2. The van der Waals surface area contributed by atoms with Gasteiger partial charge in [-0.3, -0.25) is 0 Å². The summed E-state index contributed by atoms with van der Waals surface area (Å²) in [6.07, 6.45) is 3.58. The van der Waals surface area contributed by atoms with Crippen LogP contribution in [0.15, 0.2) is 24.3 Å². The van der Waals surface area contributed by atoms with Gasteiger partial charge in [-0.25, -0.2) is 4.79 Å². The first kappa shape index (κ1) is 9.95. The Labute approximate surface area is 67.6 Å². The average molecular weight is 154 g/mol. The van der Waals surface area contributed by atoms with Crippen molar-refractivity contribution in [1.29, 1.82) is 0 Å². The van der Waals surface area contributed by atoms with Gasteiger partial charge >= 0.3 is 5.97 Å². The Kier molecular flexibility index (Phi) is 4.27. The summed E-state index contributed by atoms with van der Waals surface area (Å²) in [5.74, 6) is 0.0540. The van der Waals surface area contributed by atoms with Gasteiger partial charge in [-0.1, -0.05) is 32.6 Å². The number of carbonyl (C=O) groups excluding carboxylic acids is 1. The van der Waals surface area contributed by atoms with Crippen LogP contribution in [0.25, 0.3) is 0 Å². The number of esters is 1. The molecule has 0 unspecified atom stereocenters. The first-order valence-corrected chi connectivity index (χ1v) is 3.53. The van der Waals surface area contributed by atoms with Crippen LogP contribution >= 0.6 is 0 Å². The van der Waals surface area contributed by atoms with Gasteiger partial charge in [0.05, 0.1) is 12.7 Å². The molecule has 0 N–H and O–H groups in total. The molecule has 2 nitrogen and oxygen atoms in total. The molecule has 0 aliphatic heterocycles. The molecule has 0 spiro atoms. The second-order valence-corrected chi connectivity index (χ2v) is 2.62. The summed E-state index contributed by atoms with van der Waals surface area (Å²) in [4.78, 5) is 10.8. The SMILES string of the molecule is C=C(/C=C/C(C)C)C(=O)OC. The molecule has 0 radical (unpaired) electrons. The van der Waals surface area contributed by atoms with Crippen molar-refractivity contribution < 1.29 is 9.53 Å². The van der Waals surface area contributed by atoms with E-state index in [2.05, 4.69) is 11.3 Å². The van der Waals surface area contributed by atoms with Crippen LogP contribution in [0.4, 0.5) is 0 Å². The summed E-state index contributed by atoms with van der Waals surface area (Å²) >= 11 is 0. The quantitative estimate of drug-likeness (QED) is 0.352. The van der Waals surface area contributed by atoms with Crippen LogP contribution in [0.3, 0.4) is 0 Å². The highest BCUT2D eigenvalue weighted by Gasteiger charge is 2.00. The summed E-state index contributed by atoms with van der Waals surface area (Å²) in [6.45, 7) is 7.59. The average Bonchev–Trinajstić information content (AvgIpc) is 1.98. The van der Waals surface area contributed by atoms with E-state index >= 15 is 0 Å². The fraction of sp³-hybridized carbons (Fsp3) is 0.444. The number of ether oxygens (including phenoxy) is 1. The minimum absolute atomic E-state index is 0.373. The predicted octanol–water partition coefficient (Wildman–Crippen LogP) is 1.93. The fourth-order valence-corrected chi connectivity index (χ4v) is 0.508. The predicted molar refractivity (Wildman–Crippen MR) is 45.1 cm³/mol. The van der Waals surface area contributed by atoms with E-state index in [1.54, 1.807) is 6.08 Å². The van der Waals surface area contributed by atoms with Crippen LogP contribution in [0.5, 0.6) is 0 Å². The van der Waals surface area contributed by atoms with Gasteiger partial charge in [0, 0.05) is 0 Å². The van der Waals surface area contributed by atoms with E-state index in [9.17, 15) is 4.79 Å². The topological polar surface area (TPSA) is 26.3 Å². The maximum Gasteiger partial charge on any atom is 0.337 e. The molecular weight excluding hydrogens is 140 g/mol. The van der Waals surface area contributed by atoms with Gasteiger partial charge in [-0.05, 0) is 5.92 Å². The lowest BCUT2D eigenvalue weighted by atomic mass is 10.1. The van der Waals surface area contributed by atoms with Gasteiger partial charge in [-0.2, -0.15) is 0 Å². The smallest absolute Gasteiger partial charge is 0.337 e. The minimum atomic E-state index is -0.373. The Bertz CT molecular complexity index is 178. The molecule has 0 aromatic carbocycles. The molecule has 11 heavy (non-hydrogen) atoms. The Morgan fingerprint density at radius 3 is 2.45 bits per heavy atom. The van der Waals surface area contributed by atoms with Gasteiger partial charge in [0.15, 0.2) is 0 Å². The first-order chi connectivity index (χ1) is 5.07. The van der Waals surface area contributed by atoms with Crippen molar-refractivity contribution in [3.05, 3.63) is 24.3 Å². The molecule has 0 saturated carbocycles. The van der Waals surface area contributed by atoms with Crippen LogP contribution < -0.4 is 0 Å². The molecule has 62 valence electrons. The lowest BCUT2D eigenvalue weighted by molar-refractivity contribution is -0.135. The van der Waals surface area contributed by atoms with E-state index in [1.807, 2.05) is 19.9 Å². The first-order valence-electron chi connectivity index (χ1n) is 3.53. The van der Waals surface area contributed by atoms with Crippen LogP contribution in [0, 0.1) is 5.92 Å². The van der Waals surface area contributed by atoms with Crippen LogP contribution in [0.1, 0.15) is 13.8 Å². The molecule has 0 aromatic rings. The minimum Gasteiger partial charge on any atom is -0.465 e. The zero-order valence-electron chi connectivity index (χ0n) is 7.26. The summed E-state index contributed by atoms with van der Waals surface area (Å²) in [7, 11) is 1.34. The third-order valence-corrected chi connectivity index (χ3v) is 1.13. The number of methoxy groups -OCH3 is 1. The van der Waals surface area contributed by atoms with Gasteiger partial charge in [0.1, 0.15) is 0 Å². The number of carbonyl (C=O) groups is 1. The zero-order chi connectivity index (χ0) is 8.85. The second-order valence-electron chi connectivity index (χ2n) is 2.62. The molecule has 0 rings (SSSR count). The lowest BCUT2D eigenvalue weighted by Crippen LogP contribution is -2.01. The normalized spacial score (nSPS) is 10.5. The van der Waals surface area contributed by atoms with Gasteiger partial charge in [-0.15, -0.1) is 0 Å². The van der Waals surface area contributed by atoms with E-state index in [0.717, 1.165) is 0 Å². The molecule has 0 atom stereocenters. The third-order valence-electron chi connectivity index (χ3n) is 1.13. The van der Waals surface area contributed by atoms with Crippen LogP contribution in [-0.4, -0.2) is 13.1 Å². The van der Waals surface area contributed by atoms with E-state index in [4.69, 9.17) is 0 Å². The fourth-order valence-electron chi connectivity index (χ4n) is 0.508. The monoisotopic (exact) mass is 154 g/mol. The molecule has 2 heteroatoms. The third kappa shape index (κ3) is 4.37. The van der Waals surface area contributed by atoms with Crippen LogP contribution in [-0.2, 0) is 9.53 Å². The zero-order valence-corrected chi connectivity index (χ0v) is 7.26.